The van der Waals surface area contributed by atoms with E-state index < -0.39 is 38.1 Å². The van der Waals surface area contributed by atoms with Crippen molar-refractivity contribution < 1.29 is 28.9 Å². The van der Waals surface area contributed by atoms with Crippen molar-refractivity contribution in [3.8, 4) is 0 Å². The van der Waals surface area contributed by atoms with Gasteiger partial charge in [-0.2, -0.15) is 5.06 Å². The molecule has 0 bridgehead atoms. The van der Waals surface area contributed by atoms with Gasteiger partial charge in [-0.3, -0.25) is 14.2 Å². The summed E-state index contributed by atoms with van der Waals surface area (Å²) < 4.78 is 22.0. The highest BCUT2D eigenvalue weighted by Gasteiger charge is 2.63. The molecule has 4 atom stereocenters. The standard InChI is InChI=1S/C37H43N6O6Si/c1-36(2,3)47-23-29-31(44)32(46-21-22-48-42(4)5)37(49-29,50(27-17-11-7-12-18-27)28-19-13-8-14-20-28)43-25-40-30-33(38-24-39-34(30)43)41-35(45)26-15-9-6-10-16-26/h6-20,24-25,29,31-32,44H,21-23H2,1-5H3,(H,38,39,41,45)/t29-,31-,32-,37+/m1/s1. The van der Waals surface area contributed by atoms with E-state index in [-0.39, 0.29) is 31.5 Å². The van der Waals surface area contributed by atoms with Crippen LogP contribution in [0, 0.1) is 0 Å². The number of aromatic nitrogens is 4. The minimum absolute atomic E-state index is 0.110. The summed E-state index contributed by atoms with van der Waals surface area (Å²) in [6.45, 7) is 6.40. The van der Waals surface area contributed by atoms with Gasteiger partial charge in [0.2, 0.25) is 0 Å². The fraction of sp³-hybridized carbons (Fsp3) is 0.351. The molecule has 3 aromatic carbocycles. The minimum Gasteiger partial charge on any atom is -0.387 e. The molecule has 13 heteroatoms. The van der Waals surface area contributed by atoms with Gasteiger partial charge in [-0.05, 0) is 32.9 Å². The summed E-state index contributed by atoms with van der Waals surface area (Å²) in [5.74, 6) is -0.0869. The number of aliphatic hydroxyl groups excluding tert-OH is 1. The van der Waals surface area contributed by atoms with Gasteiger partial charge in [0.05, 0.1) is 31.7 Å². The first-order chi connectivity index (χ1) is 24.1. The summed E-state index contributed by atoms with van der Waals surface area (Å²) in [4.78, 5) is 32.8. The van der Waals surface area contributed by atoms with E-state index in [0.29, 0.717) is 16.7 Å². The number of anilines is 1. The number of hydrogen-bond acceptors (Lipinski definition) is 10. The number of fused-ring (bicyclic) bond motifs is 1. The second-order valence-electron chi connectivity index (χ2n) is 13.1. The highest BCUT2D eigenvalue weighted by atomic mass is 28.3. The van der Waals surface area contributed by atoms with Crippen LogP contribution >= 0.6 is 0 Å². The van der Waals surface area contributed by atoms with Crippen molar-refractivity contribution in [3.05, 3.63) is 109 Å². The third-order valence-electron chi connectivity index (χ3n) is 8.26. The molecule has 0 saturated carbocycles. The lowest BCUT2D eigenvalue weighted by atomic mass is 10.1. The lowest BCUT2D eigenvalue weighted by molar-refractivity contribution is -0.158. The molecule has 5 aromatic rings. The molecule has 0 unspecified atom stereocenters. The van der Waals surface area contributed by atoms with Crippen LogP contribution in [0.5, 0.6) is 0 Å². The van der Waals surface area contributed by atoms with E-state index in [9.17, 15) is 9.90 Å². The molecular weight excluding hydrogens is 653 g/mol. The number of rotatable bonds is 13. The van der Waals surface area contributed by atoms with E-state index in [2.05, 4.69) is 34.6 Å². The molecule has 1 amide bonds. The van der Waals surface area contributed by atoms with Gasteiger partial charge in [-0.25, -0.2) is 15.0 Å². The number of nitrogens with zero attached hydrogens (tertiary/aromatic N) is 5. The number of benzene rings is 3. The molecule has 0 aliphatic carbocycles. The Balaban J connectivity index is 1.55. The summed E-state index contributed by atoms with van der Waals surface area (Å²) in [5.41, 5.74) is 0.755. The maximum atomic E-state index is 13.2. The monoisotopic (exact) mass is 695 g/mol. The Morgan fingerprint density at radius 3 is 2.16 bits per heavy atom. The lowest BCUT2D eigenvalue weighted by Gasteiger charge is -2.41. The highest BCUT2D eigenvalue weighted by molar-refractivity contribution is 6.86. The second-order valence-corrected chi connectivity index (χ2v) is 15.8. The van der Waals surface area contributed by atoms with E-state index in [1.165, 1.54) is 6.33 Å². The SMILES string of the molecule is CN(C)OCCO[C@@H]1[C@H](O)[C@@H](COC(C)(C)C)O[C@]1(n1cnc2c(NC(=O)c3ccccc3)ncnc21)[Si](c1ccccc1)c1ccccc1. The third-order valence-corrected chi connectivity index (χ3v) is 11.4. The average Bonchev–Trinajstić information content (AvgIpc) is 3.67. The molecule has 1 saturated heterocycles. The van der Waals surface area contributed by atoms with Crippen LogP contribution < -0.4 is 15.7 Å². The minimum atomic E-state index is -2.09. The van der Waals surface area contributed by atoms with Gasteiger partial charge in [0.15, 0.2) is 31.1 Å². The Labute approximate surface area is 293 Å². The smallest absolute Gasteiger partial charge is 0.256 e. The van der Waals surface area contributed by atoms with Crippen LogP contribution in [-0.4, -0.2) is 102 Å². The molecule has 261 valence electrons. The van der Waals surface area contributed by atoms with Gasteiger partial charge in [0.1, 0.15) is 24.6 Å². The van der Waals surface area contributed by atoms with Crippen LogP contribution in [0.15, 0.2) is 104 Å². The molecular formula is C37H43N6O6Si. The first-order valence-electron chi connectivity index (χ1n) is 16.5. The van der Waals surface area contributed by atoms with Crippen LogP contribution in [-0.2, 0) is 24.4 Å². The van der Waals surface area contributed by atoms with E-state index in [4.69, 9.17) is 29.0 Å². The average molecular weight is 696 g/mol. The molecule has 1 fully saturated rings. The number of hydrogen-bond donors (Lipinski definition) is 2. The van der Waals surface area contributed by atoms with Gasteiger partial charge in [-0.1, -0.05) is 89.2 Å². The zero-order chi connectivity index (χ0) is 35.3. The topological polar surface area (TPSA) is 133 Å². The molecule has 2 aromatic heterocycles. The van der Waals surface area contributed by atoms with Crippen LogP contribution in [0.1, 0.15) is 31.1 Å². The van der Waals surface area contributed by atoms with E-state index in [1.54, 1.807) is 49.8 Å². The summed E-state index contributed by atoms with van der Waals surface area (Å²) in [6, 6.07) is 29.1. The normalized spacial score (nSPS) is 20.9. The molecule has 1 aliphatic heterocycles. The van der Waals surface area contributed by atoms with Gasteiger partial charge < -0.3 is 24.6 Å². The van der Waals surface area contributed by atoms with Crippen molar-refractivity contribution in [1.82, 2.24) is 24.6 Å². The predicted octanol–water partition coefficient (Wildman–Crippen LogP) is 3.03. The summed E-state index contributed by atoms with van der Waals surface area (Å²) in [6.07, 6.45) is 0.212. The van der Waals surface area contributed by atoms with Crippen molar-refractivity contribution in [3.63, 3.8) is 0 Å². The third kappa shape index (κ3) is 7.54. The van der Waals surface area contributed by atoms with Gasteiger partial charge in [0.25, 0.3) is 5.91 Å². The molecule has 12 nitrogen and oxygen atoms in total. The summed E-state index contributed by atoms with van der Waals surface area (Å²) >= 11 is 0. The first kappa shape index (κ1) is 35.5. The molecule has 0 spiro atoms. The molecule has 1 aliphatic rings. The second kappa shape index (κ2) is 15.3. The van der Waals surface area contributed by atoms with E-state index in [1.807, 2.05) is 67.8 Å². The largest absolute Gasteiger partial charge is 0.387 e. The molecule has 1 radical (unpaired) electrons. The molecule has 2 N–H and O–H groups in total. The Hall–Kier alpha value is -4.34. The number of imidazole rings is 1. The number of nitrogens with one attached hydrogen (secondary N) is 1. The van der Waals surface area contributed by atoms with E-state index in [0.717, 1.165) is 10.4 Å². The quantitative estimate of drug-likeness (QED) is 0.108. The van der Waals surface area contributed by atoms with Crippen molar-refractivity contribution in [1.29, 1.82) is 0 Å². The van der Waals surface area contributed by atoms with Gasteiger partial charge in [-0.15, -0.1) is 0 Å². The van der Waals surface area contributed by atoms with Gasteiger partial charge in [0, 0.05) is 19.7 Å². The number of aliphatic hydroxyl groups is 1. The number of carbonyl (C=O) groups excluding carboxylic acids is 1. The maximum Gasteiger partial charge on any atom is 0.256 e. The number of carbonyl (C=O) groups is 1. The van der Waals surface area contributed by atoms with Crippen molar-refractivity contribution in [2.75, 3.05) is 39.2 Å². The molecule has 6 rings (SSSR count). The predicted molar refractivity (Wildman–Crippen MR) is 192 cm³/mol. The van der Waals surface area contributed by atoms with Crippen LogP contribution in [0.25, 0.3) is 11.2 Å². The zero-order valence-electron chi connectivity index (χ0n) is 28.9. The van der Waals surface area contributed by atoms with Crippen LogP contribution in [0.4, 0.5) is 5.82 Å². The van der Waals surface area contributed by atoms with Crippen molar-refractivity contribution in [2.45, 2.75) is 50.0 Å². The Bertz CT molecular complexity index is 1820. The van der Waals surface area contributed by atoms with Crippen LogP contribution in [0.3, 0.4) is 0 Å². The fourth-order valence-corrected chi connectivity index (χ4v) is 9.53. The van der Waals surface area contributed by atoms with Crippen molar-refractivity contribution in [2.24, 2.45) is 0 Å². The fourth-order valence-electron chi connectivity index (χ4n) is 6.11. The number of hydroxylamine groups is 2. The first-order valence-corrected chi connectivity index (χ1v) is 18.0. The summed E-state index contributed by atoms with van der Waals surface area (Å²) in [7, 11) is 1.52. The number of ether oxygens (including phenoxy) is 3. The molecule has 3 heterocycles. The maximum absolute atomic E-state index is 13.2. The van der Waals surface area contributed by atoms with E-state index >= 15 is 0 Å². The van der Waals surface area contributed by atoms with Gasteiger partial charge >= 0.3 is 0 Å². The summed E-state index contributed by atoms with van der Waals surface area (Å²) in [5, 5.41) is 17.4. The Kier molecular flexibility index (Phi) is 10.8. The molecule has 50 heavy (non-hydrogen) atoms. The zero-order valence-corrected chi connectivity index (χ0v) is 29.9. The van der Waals surface area contributed by atoms with Crippen molar-refractivity contribution >= 4 is 42.1 Å². The lowest BCUT2D eigenvalue weighted by Crippen LogP contribution is -2.67. The highest BCUT2D eigenvalue weighted by Crippen LogP contribution is 2.42. The Morgan fingerprint density at radius 2 is 1.56 bits per heavy atom. The Morgan fingerprint density at radius 1 is 0.940 bits per heavy atom. The van der Waals surface area contributed by atoms with Crippen LogP contribution in [0.2, 0.25) is 0 Å². The number of amides is 1.